The van der Waals surface area contributed by atoms with Crippen molar-refractivity contribution in [3.05, 3.63) is 64.0 Å². The molecule has 0 spiro atoms. The first-order valence-corrected chi connectivity index (χ1v) is 7.42. The topological polar surface area (TPSA) is 67.5 Å². The Morgan fingerprint density at radius 3 is 2.48 bits per heavy atom. The molecule has 1 N–H and O–H groups in total. The zero-order chi connectivity index (χ0) is 16.6. The number of ketones is 1. The number of carbonyl (C=O) groups excluding carboxylic acids is 1. The summed E-state index contributed by atoms with van der Waals surface area (Å²) in [6.07, 6.45) is 0.565. The molecule has 0 aliphatic carbocycles. The lowest BCUT2D eigenvalue weighted by Crippen LogP contribution is -2.04. The van der Waals surface area contributed by atoms with E-state index in [1.807, 2.05) is 37.3 Å². The molecule has 0 fully saturated rings. The molecule has 3 aromatic rings. The average Bonchev–Trinajstić information content (AvgIpc) is 2.54. The fourth-order valence-corrected chi connectivity index (χ4v) is 2.80. The van der Waals surface area contributed by atoms with Gasteiger partial charge in [-0.25, -0.2) is 4.79 Å². The zero-order valence-corrected chi connectivity index (χ0v) is 12.9. The first-order chi connectivity index (χ1) is 11.0. The lowest BCUT2D eigenvalue weighted by molar-refractivity contribution is 0.101. The number of carbonyl (C=O) groups is 1. The molecule has 0 aliphatic rings. The van der Waals surface area contributed by atoms with E-state index in [0.29, 0.717) is 22.9 Å². The van der Waals surface area contributed by atoms with E-state index < -0.39 is 5.63 Å². The molecule has 23 heavy (non-hydrogen) atoms. The third-order valence-corrected chi connectivity index (χ3v) is 3.90. The van der Waals surface area contributed by atoms with Crippen molar-refractivity contribution in [2.45, 2.75) is 20.3 Å². The van der Waals surface area contributed by atoms with Gasteiger partial charge in [0, 0.05) is 11.5 Å². The molecular weight excluding hydrogens is 292 g/mol. The number of aromatic hydroxyl groups is 1. The molecule has 0 radical (unpaired) electrons. The van der Waals surface area contributed by atoms with Crippen molar-refractivity contribution in [1.82, 2.24) is 0 Å². The van der Waals surface area contributed by atoms with Crippen molar-refractivity contribution in [3.63, 3.8) is 0 Å². The second-order valence-corrected chi connectivity index (χ2v) is 5.39. The summed E-state index contributed by atoms with van der Waals surface area (Å²) in [7, 11) is 0. The van der Waals surface area contributed by atoms with Crippen LogP contribution in [0.15, 0.2) is 51.7 Å². The summed E-state index contributed by atoms with van der Waals surface area (Å²) in [5.41, 5.74) is 1.84. The van der Waals surface area contributed by atoms with Crippen LogP contribution in [0.3, 0.4) is 0 Å². The largest absolute Gasteiger partial charge is 0.507 e. The van der Waals surface area contributed by atoms with Gasteiger partial charge < -0.3 is 9.52 Å². The number of Topliss-reactive ketones (excluding diaryl/α,β-unsaturated/α-hetero) is 1. The van der Waals surface area contributed by atoms with Crippen molar-refractivity contribution >= 4 is 16.8 Å². The Bertz CT molecular complexity index is 953. The maximum absolute atomic E-state index is 12.0. The molecule has 116 valence electrons. The molecule has 4 heteroatoms. The van der Waals surface area contributed by atoms with E-state index in [9.17, 15) is 14.7 Å². The summed E-state index contributed by atoms with van der Waals surface area (Å²) in [4.78, 5) is 23.9. The van der Waals surface area contributed by atoms with Gasteiger partial charge in [-0.2, -0.15) is 0 Å². The van der Waals surface area contributed by atoms with Crippen molar-refractivity contribution in [2.24, 2.45) is 0 Å². The van der Waals surface area contributed by atoms with Gasteiger partial charge in [-0.3, -0.25) is 4.79 Å². The second kappa shape index (κ2) is 5.72. The highest BCUT2D eigenvalue weighted by atomic mass is 16.4. The number of fused-ring (bicyclic) bond motifs is 1. The quantitative estimate of drug-likeness (QED) is 0.588. The number of phenols is 1. The smallest absolute Gasteiger partial charge is 0.336 e. The highest BCUT2D eigenvalue weighted by Crippen LogP contribution is 2.36. The molecule has 0 unspecified atom stereocenters. The van der Waals surface area contributed by atoms with E-state index in [1.54, 1.807) is 6.07 Å². The number of hydrogen-bond acceptors (Lipinski definition) is 4. The van der Waals surface area contributed by atoms with E-state index >= 15 is 0 Å². The van der Waals surface area contributed by atoms with Gasteiger partial charge in [-0.05, 0) is 36.1 Å². The normalized spacial score (nSPS) is 10.9. The molecule has 4 nitrogen and oxygen atoms in total. The van der Waals surface area contributed by atoms with Crippen LogP contribution < -0.4 is 5.63 Å². The summed E-state index contributed by atoms with van der Waals surface area (Å²) >= 11 is 0. The maximum Gasteiger partial charge on any atom is 0.336 e. The van der Waals surface area contributed by atoms with Gasteiger partial charge >= 0.3 is 5.63 Å². The van der Waals surface area contributed by atoms with Crippen LogP contribution in [0.1, 0.15) is 29.8 Å². The molecule has 1 heterocycles. The first kappa shape index (κ1) is 15.0. The summed E-state index contributed by atoms with van der Waals surface area (Å²) in [6.45, 7) is 3.25. The molecule has 0 saturated carbocycles. The van der Waals surface area contributed by atoms with Crippen molar-refractivity contribution in [1.29, 1.82) is 0 Å². The molecule has 0 aliphatic heterocycles. The standard InChI is InChI=1S/C19H16O4/c1-3-12-9-15-14(13-7-5-4-6-8-13)10-16(21)23-19(15)17(11(2)20)18(12)22/h4-10,22H,3H2,1-2H3. The van der Waals surface area contributed by atoms with Crippen LogP contribution in [0, 0.1) is 0 Å². The number of rotatable bonds is 3. The molecule has 3 rings (SSSR count). The van der Waals surface area contributed by atoms with E-state index in [-0.39, 0.29) is 22.7 Å². The zero-order valence-electron chi connectivity index (χ0n) is 12.9. The highest BCUT2D eigenvalue weighted by molar-refractivity contribution is 6.10. The van der Waals surface area contributed by atoms with Crippen molar-refractivity contribution in [3.8, 4) is 16.9 Å². The van der Waals surface area contributed by atoms with Crippen LogP contribution in [0.2, 0.25) is 0 Å². The number of hydrogen-bond donors (Lipinski definition) is 1. The summed E-state index contributed by atoms with van der Waals surface area (Å²) in [6, 6.07) is 12.6. The lowest BCUT2D eigenvalue weighted by Gasteiger charge is -2.12. The van der Waals surface area contributed by atoms with Gasteiger partial charge in [0.05, 0.1) is 0 Å². The third kappa shape index (κ3) is 2.52. The van der Waals surface area contributed by atoms with Crippen molar-refractivity contribution in [2.75, 3.05) is 0 Å². The third-order valence-electron chi connectivity index (χ3n) is 3.90. The Morgan fingerprint density at radius 2 is 1.87 bits per heavy atom. The fraction of sp³-hybridized carbons (Fsp3) is 0.158. The van der Waals surface area contributed by atoms with Crippen LogP contribution in [0.5, 0.6) is 5.75 Å². The molecule has 0 bridgehead atoms. The lowest BCUT2D eigenvalue weighted by atomic mass is 9.95. The van der Waals surface area contributed by atoms with Crippen LogP contribution in [0.4, 0.5) is 0 Å². The van der Waals surface area contributed by atoms with Crippen LogP contribution in [-0.4, -0.2) is 10.9 Å². The Kier molecular flexibility index (Phi) is 3.74. The average molecular weight is 308 g/mol. The minimum Gasteiger partial charge on any atom is -0.507 e. The minimum absolute atomic E-state index is 0.0641. The Balaban J connectivity index is 2.51. The van der Waals surface area contributed by atoms with Crippen LogP contribution >= 0.6 is 0 Å². The Morgan fingerprint density at radius 1 is 1.17 bits per heavy atom. The number of benzene rings is 2. The van der Waals surface area contributed by atoms with Crippen LogP contribution in [-0.2, 0) is 6.42 Å². The molecule has 0 amide bonds. The summed E-state index contributed by atoms with van der Waals surface area (Å²) < 4.78 is 5.26. The predicted molar refractivity (Wildman–Crippen MR) is 89.0 cm³/mol. The van der Waals surface area contributed by atoms with Gasteiger partial charge in [0.25, 0.3) is 0 Å². The molecule has 0 saturated heterocycles. The van der Waals surface area contributed by atoms with E-state index in [1.165, 1.54) is 13.0 Å². The molecular formula is C19H16O4. The highest BCUT2D eigenvalue weighted by Gasteiger charge is 2.20. The monoisotopic (exact) mass is 308 g/mol. The van der Waals surface area contributed by atoms with Gasteiger partial charge in [0.15, 0.2) is 11.4 Å². The number of aryl methyl sites for hydroxylation is 1. The van der Waals surface area contributed by atoms with Gasteiger partial charge in [0.2, 0.25) is 0 Å². The van der Waals surface area contributed by atoms with E-state index in [4.69, 9.17) is 4.42 Å². The first-order valence-electron chi connectivity index (χ1n) is 7.42. The van der Waals surface area contributed by atoms with Gasteiger partial charge in [-0.1, -0.05) is 37.3 Å². The molecule has 1 aromatic heterocycles. The van der Waals surface area contributed by atoms with Crippen molar-refractivity contribution < 1.29 is 14.3 Å². The van der Waals surface area contributed by atoms with Gasteiger partial charge in [0.1, 0.15) is 11.3 Å². The second-order valence-electron chi connectivity index (χ2n) is 5.39. The molecule has 0 atom stereocenters. The van der Waals surface area contributed by atoms with Crippen LogP contribution in [0.25, 0.3) is 22.1 Å². The Hall–Kier alpha value is -2.88. The molecule has 2 aromatic carbocycles. The predicted octanol–water partition coefficient (Wildman–Crippen LogP) is 3.93. The SMILES string of the molecule is CCc1cc2c(-c3ccccc3)cc(=O)oc2c(C(C)=O)c1O. The summed E-state index contributed by atoms with van der Waals surface area (Å²) in [5.74, 6) is -0.447. The van der Waals surface area contributed by atoms with E-state index in [2.05, 4.69) is 0 Å². The number of phenolic OH excluding ortho intramolecular Hbond substituents is 1. The Labute approximate surface area is 133 Å². The summed E-state index contributed by atoms with van der Waals surface area (Å²) in [5, 5.41) is 11.0. The fourth-order valence-electron chi connectivity index (χ4n) is 2.80. The maximum atomic E-state index is 12.0. The van der Waals surface area contributed by atoms with E-state index in [0.717, 1.165) is 5.56 Å². The van der Waals surface area contributed by atoms with Gasteiger partial charge in [-0.15, -0.1) is 0 Å². The minimum atomic E-state index is -0.553.